The van der Waals surface area contributed by atoms with Crippen LogP contribution in [0.2, 0.25) is 0 Å². The van der Waals surface area contributed by atoms with Gasteiger partial charge in [0.1, 0.15) is 11.5 Å². The smallest absolute Gasteiger partial charge is 0.467 e. The van der Waals surface area contributed by atoms with Gasteiger partial charge in [-0.3, -0.25) is 9.36 Å². The van der Waals surface area contributed by atoms with Gasteiger partial charge in [-0.1, -0.05) is 11.8 Å². The molecule has 8 nitrogen and oxygen atoms in total. The number of anilines is 2. The molecule has 0 saturated carbocycles. The fourth-order valence-corrected chi connectivity index (χ4v) is 4.21. The number of furan rings is 1. The van der Waals surface area contributed by atoms with Crippen molar-refractivity contribution in [3.63, 3.8) is 0 Å². The van der Waals surface area contributed by atoms with Crippen molar-refractivity contribution in [3.05, 3.63) is 48.4 Å². The van der Waals surface area contributed by atoms with E-state index in [1.807, 2.05) is 16.7 Å². The number of amides is 1. The van der Waals surface area contributed by atoms with E-state index in [9.17, 15) is 18.0 Å². The first-order valence-corrected chi connectivity index (χ1v) is 11.3. The van der Waals surface area contributed by atoms with Crippen molar-refractivity contribution in [1.29, 1.82) is 0 Å². The molecular formula is C21H22F3N5O3S. The van der Waals surface area contributed by atoms with Gasteiger partial charge in [-0.2, -0.15) is 0 Å². The molecule has 0 bridgehead atoms. The third-order valence-corrected chi connectivity index (χ3v) is 5.90. The van der Waals surface area contributed by atoms with E-state index in [1.54, 1.807) is 6.26 Å². The van der Waals surface area contributed by atoms with Crippen LogP contribution in [0.3, 0.4) is 0 Å². The van der Waals surface area contributed by atoms with Gasteiger partial charge in [0.25, 0.3) is 0 Å². The molecule has 1 amide bonds. The molecule has 1 saturated heterocycles. The van der Waals surface area contributed by atoms with Crippen LogP contribution in [-0.2, 0) is 11.3 Å². The molecule has 4 rings (SSSR count). The molecule has 2 aromatic heterocycles. The van der Waals surface area contributed by atoms with Gasteiger partial charge < -0.3 is 19.4 Å². The van der Waals surface area contributed by atoms with Crippen molar-refractivity contribution in [2.45, 2.75) is 37.3 Å². The number of thioether (sulfide) groups is 1. The summed E-state index contributed by atoms with van der Waals surface area (Å²) in [5, 5.41) is 11.9. The van der Waals surface area contributed by atoms with Crippen molar-refractivity contribution >= 4 is 29.3 Å². The summed E-state index contributed by atoms with van der Waals surface area (Å²) in [4.78, 5) is 14.6. The maximum atomic E-state index is 12.4. The van der Waals surface area contributed by atoms with Gasteiger partial charge in [0, 0.05) is 18.8 Å². The van der Waals surface area contributed by atoms with Crippen LogP contribution in [0.25, 0.3) is 0 Å². The van der Waals surface area contributed by atoms with Crippen LogP contribution >= 0.6 is 11.8 Å². The minimum absolute atomic E-state index is 0.0527. The molecule has 1 aromatic carbocycles. The molecule has 0 aliphatic carbocycles. The number of piperidine rings is 1. The maximum Gasteiger partial charge on any atom is 0.573 e. The van der Waals surface area contributed by atoms with Crippen LogP contribution in [-0.4, -0.2) is 45.9 Å². The SMILES string of the molecule is O=C(CSc1nnc(N2CCCCC2)n1Cc1ccco1)Nc1ccc(OC(F)(F)F)cc1. The molecule has 3 aromatic rings. The number of hydrogen-bond acceptors (Lipinski definition) is 7. The lowest BCUT2D eigenvalue weighted by molar-refractivity contribution is -0.274. The second kappa shape index (κ2) is 10.2. The molecule has 1 aliphatic heterocycles. The minimum atomic E-state index is -4.76. The third-order valence-electron chi connectivity index (χ3n) is 4.93. The highest BCUT2D eigenvalue weighted by molar-refractivity contribution is 7.99. The fourth-order valence-electron chi connectivity index (χ4n) is 3.48. The molecule has 3 heterocycles. The van der Waals surface area contributed by atoms with Crippen LogP contribution in [0.5, 0.6) is 5.75 Å². The first-order chi connectivity index (χ1) is 15.9. The van der Waals surface area contributed by atoms with Gasteiger partial charge in [-0.15, -0.1) is 23.4 Å². The summed E-state index contributed by atoms with van der Waals surface area (Å²) in [5.41, 5.74) is 0.362. The summed E-state index contributed by atoms with van der Waals surface area (Å²) in [6, 6.07) is 8.65. The zero-order valence-corrected chi connectivity index (χ0v) is 18.4. The normalized spacial score (nSPS) is 14.3. The summed E-state index contributed by atoms with van der Waals surface area (Å²) >= 11 is 1.23. The summed E-state index contributed by atoms with van der Waals surface area (Å²) in [6.07, 6.45) is 0.204. The van der Waals surface area contributed by atoms with E-state index in [1.165, 1.54) is 30.3 Å². The Labute approximate surface area is 192 Å². The highest BCUT2D eigenvalue weighted by Crippen LogP contribution is 2.27. The molecular weight excluding hydrogens is 459 g/mol. The summed E-state index contributed by atoms with van der Waals surface area (Å²) in [7, 11) is 0. The molecule has 0 radical (unpaired) electrons. The molecule has 0 unspecified atom stereocenters. The molecule has 1 fully saturated rings. The van der Waals surface area contributed by atoms with Gasteiger partial charge >= 0.3 is 6.36 Å². The molecule has 1 N–H and O–H groups in total. The summed E-state index contributed by atoms with van der Waals surface area (Å²) in [6.45, 7) is 2.24. The topological polar surface area (TPSA) is 85.4 Å². The van der Waals surface area contributed by atoms with Gasteiger partial charge in [-0.25, -0.2) is 0 Å². The number of nitrogens with zero attached hydrogens (tertiary/aromatic N) is 4. The Bertz CT molecular complexity index is 1050. The Hall–Kier alpha value is -3.15. The van der Waals surface area contributed by atoms with E-state index in [-0.39, 0.29) is 17.4 Å². The predicted octanol–water partition coefficient (Wildman–Crippen LogP) is 4.54. The minimum Gasteiger partial charge on any atom is -0.467 e. The monoisotopic (exact) mass is 481 g/mol. The third kappa shape index (κ3) is 6.44. The number of nitrogens with one attached hydrogen (secondary N) is 1. The number of carbonyl (C=O) groups excluding carboxylic acids is 1. The number of halogens is 3. The highest BCUT2D eigenvalue weighted by Gasteiger charge is 2.31. The molecule has 0 atom stereocenters. The highest BCUT2D eigenvalue weighted by atomic mass is 32.2. The Morgan fingerprint density at radius 1 is 1.12 bits per heavy atom. The number of benzene rings is 1. The second-order valence-electron chi connectivity index (χ2n) is 7.40. The first-order valence-electron chi connectivity index (χ1n) is 10.4. The Morgan fingerprint density at radius 2 is 1.88 bits per heavy atom. The summed E-state index contributed by atoms with van der Waals surface area (Å²) in [5.74, 6) is 0.870. The van der Waals surface area contributed by atoms with Crippen molar-refractivity contribution in [1.82, 2.24) is 14.8 Å². The first kappa shape index (κ1) is 23.0. The molecule has 176 valence electrons. The quantitative estimate of drug-likeness (QED) is 0.473. The van der Waals surface area contributed by atoms with Gasteiger partial charge in [0.05, 0.1) is 18.6 Å². The Balaban J connectivity index is 1.39. The zero-order valence-electron chi connectivity index (χ0n) is 17.5. The zero-order chi connectivity index (χ0) is 23.3. The van der Waals surface area contributed by atoms with E-state index in [0.29, 0.717) is 17.4 Å². The van der Waals surface area contributed by atoms with E-state index in [2.05, 4.69) is 25.2 Å². The lowest BCUT2D eigenvalue weighted by Gasteiger charge is -2.27. The van der Waals surface area contributed by atoms with Crippen molar-refractivity contribution in [2.24, 2.45) is 0 Å². The maximum absolute atomic E-state index is 12.4. The standard InChI is InChI=1S/C21H22F3N5O3S/c22-21(23,24)32-16-8-6-15(7-9-16)25-18(30)14-33-20-27-26-19(28-10-2-1-3-11-28)29(20)13-17-5-4-12-31-17/h4-9,12H,1-3,10-11,13-14H2,(H,25,30). The number of rotatable bonds is 8. The van der Waals surface area contributed by atoms with Crippen LogP contribution in [0.15, 0.2) is 52.2 Å². The number of ether oxygens (including phenoxy) is 1. The number of alkyl halides is 3. The van der Waals surface area contributed by atoms with Crippen LogP contribution in [0.4, 0.5) is 24.8 Å². The average Bonchev–Trinajstić information content (AvgIpc) is 3.44. The summed E-state index contributed by atoms with van der Waals surface area (Å²) < 4.78 is 48.1. The lowest BCUT2D eigenvalue weighted by Crippen LogP contribution is -2.32. The number of hydrogen-bond donors (Lipinski definition) is 1. The second-order valence-corrected chi connectivity index (χ2v) is 8.35. The number of aromatic nitrogens is 3. The fraction of sp³-hybridized carbons (Fsp3) is 0.381. The lowest BCUT2D eigenvalue weighted by atomic mass is 10.1. The van der Waals surface area contributed by atoms with Crippen LogP contribution in [0, 0.1) is 0 Å². The number of carbonyl (C=O) groups is 1. The largest absolute Gasteiger partial charge is 0.573 e. The van der Waals surface area contributed by atoms with Crippen molar-refractivity contribution < 1.29 is 27.1 Å². The van der Waals surface area contributed by atoms with Crippen LogP contribution in [0.1, 0.15) is 25.0 Å². The van der Waals surface area contributed by atoms with Crippen LogP contribution < -0.4 is 15.0 Å². The Kier molecular flexibility index (Phi) is 7.11. The van der Waals surface area contributed by atoms with E-state index >= 15 is 0 Å². The Morgan fingerprint density at radius 3 is 2.55 bits per heavy atom. The van der Waals surface area contributed by atoms with E-state index in [0.717, 1.165) is 49.8 Å². The van der Waals surface area contributed by atoms with E-state index in [4.69, 9.17) is 4.42 Å². The van der Waals surface area contributed by atoms with Gasteiger partial charge in [0.2, 0.25) is 11.9 Å². The molecule has 1 aliphatic rings. The predicted molar refractivity (Wildman–Crippen MR) is 116 cm³/mol. The molecule has 0 spiro atoms. The van der Waals surface area contributed by atoms with Gasteiger partial charge in [0.15, 0.2) is 5.16 Å². The van der Waals surface area contributed by atoms with E-state index < -0.39 is 6.36 Å². The average molecular weight is 482 g/mol. The molecule has 12 heteroatoms. The van der Waals surface area contributed by atoms with Crippen molar-refractivity contribution in [2.75, 3.05) is 29.1 Å². The molecule has 33 heavy (non-hydrogen) atoms. The van der Waals surface area contributed by atoms with Gasteiger partial charge in [-0.05, 0) is 55.7 Å². The van der Waals surface area contributed by atoms with Crippen molar-refractivity contribution in [3.8, 4) is 5.75 Å².